The third-order valence-corrected chi connectivity index (χ3v) is 6.92. The van der Waals surface area contributed by atoms with Gasteiger partial charge in [-0.3, -0.25) is 0 Å². The van der Waals surface area contributed by atoms with Crippen LogP contribution in [-0.4, -0.2) is 36.8 Å². The van der Waals surface area contributed by atoms with E-state index < -0.39 is 0 Å². The van der Waals surface area contributed by atoms with Gasteiger partial charge in [-0.25, -0.2) is 9.97 Å². The van der Waals surface area contributed by atoms with Gasteiger partial charge >= 0.3 is 0 Å². The summed E-state index contributed by atoms with van der Waals surface area (Å²) in [6.07, 6.45) is 11.4. The summed E-state index contributed by atoms with van der Waals surface area (Å²) in [5.41, 5.74) is 2.34. The molecule has 1 aliphatic heterocycles. The van der Waals surface area contributed by atoms with Crippen molar-refractivity contribution in [3.05, 3.63) is 41.7 Å². The van der Waals surface area contributed by atoms with E-state index in [2.05, 4.69) is 47.5 Å². The molecule has 1 unspecified atom stereocenters. The Hall–Kier alpha value is -2.14. The molecule has 31 heavy (non-hydrogen) atoms. The van der Waals surface area contributed by atoms with Gasteiger partial charge in [0.15, 0.2) is 0 Å². The number of nitrogens with zero attached hydrogens (tertiary/aromatic N) is 3. The number of nitrogens with one attached hydrogen (secondary N) is 1. The van der Waals surface area contributed by atoms with E-state index in [4.69, 9.17) is 14.7 Å². The summed E-state index contributed by atoms with van der Waals surface area (Å²) in [7, 11) is 1.80. The molecule has 2 heterocycles. The molecule has 4 rings (SSSR count). The first-order chi connectivity index (χ1) is 15.2. The minimum Gasteiger partial charge on any atom is -0.385 e. The first-order valence-electron chi connectivity index (χ1n) is 12.2. The molecule has 0 spiro atoms. The first kappa shape index (κ1) is 22.1. The summed E-state index contributed by atoms with van der Waals surface area (Å²) < 4.78 is 5.49. The van der Waals surface area contributed by atoms with E-state index in [0.717, 1.165) is 49.3 Å². The van der Waals surface area contributed by atoms with Gasteiger partial charge in [-0.05, 0) is 63.5 Å². The fourth-order valence-corrected chi connectivity index (χ4v) is 5.11. The number of hydrogen-bond acceptors (Lipinski definition) is 5. The Morgan fingerprint density at radius 1 is 1.00 bits per heavy atom. The standard InChI is InChI=1S/C26H38N4O/c1-20-11-13-22(14-12-20)27-24-19-25(30-16-7-4-8-17-30)29-26(28-24)23(15-18-31-2)21-9-5-3-6-10-21/h11-14,19,21,23H,3-10,15-18H2,1-2H3,(H,27,28,29). The molecular weight excluding hydrogens is 384 g/mol. The van der Waals surface area contributed by atoms with Crippen LogP contribution in [0.4, 0.5) is 17.3 Å². The number of hydrogen-bond donors (Lipinski definition) is 1. The molecule has 1 N–H and O–H groups in total. The molecule has 1 saturated carbocycles. The van der Waals surface area contributed by atoms with Crippen LogP contribution in [0, 0.1) is 12.8 Å². The molecule has 1 aliphatic carbocycles. The zero-order chi connectivity index (χ0) is 21.5. The summed E-state index contributed by atoms with van der Waals surface area (Å²) >= 11 is 0. The molecule has 5 nitrogen and oxygen atoms in total. The van der Waals surface area contributed by atoms with Crippen molar-refractivity contribution in [1.29, 1.82) is 0 Å². The highest BCUT2D eigenvalue weighted by atomic mass is 16.5. The smallest absolute Gasteiger partial charge is 0.136 e. The number of rotatable bonds is 8. The van der Waals surface area contributed by atoms with Crippen molar-refractivity contribution < 1.29 is 4.74 Å². The van der Waals surface area contributed by atoms with E-state index in [1.54, 1.807) is 7.11 Å². The van der Waals surface area contributed by atoms with E-state index in [0.29, 0.717) is 11.8 Å². The molecule has 168 valence electrons. The maximum Gasteiger partial charge on any atom is 0.136 e. The average molecular weight is 423 g/mol. The molecule has 2 aliphatic rings. The van der Waals surface area contributed by atoms with Crippen LogP contribution < -0.4 is 10.2 Å². The van der Waals surface area contributed by atoms with Crippen molar-refractivity contribution in [2.24, 2.45) is 5.92 Å². The van der Waals surface area contributed by atoms with Crippen LogP contribution >= 0.6 is 0 Å². The van der Waals surface area contributed by atoms with Crippen molar-refractivity contribution >= 4 is 17.3 Å². The topological polar surface area (TPSA) is 50.3 Å². The number of benzene rings is 1. The zero-order valence-electron chi connectivity index (χ0n) is 19.3. The van der Waals surface area contributed by atoms with E-state index in [1.807, 2.05) is 0 Å². The third-order valence-electron chi connectivity index (χ3n) is 6.92. The van der Waals surface area contributed by atoms with Crippen LogP contribution in [0.15, 0.2) is 30.3 Å². The normalized spacial score (nSPS) is 18.7. The van der Waals surface area contributed by atoms with Gasteiger partial charge in [0.05, 0.1) is 0 Å². The largest absolute Gasteiger partial charge is 0.385 e. The SMILES string of the molecule is COCCC(c1nc(Nc2ccc(C)cc2)cc(N2CCCCC2)n1)C1CCCCC1. The van der Waals surface area contributed by atoms with E-state index in [1.165, 1.54) is 56.9 Å². The second-order valence-electron chi connectivity index (χ2n) is 9.29. The lowest BCUT2D eigenvalue weighted by Crippen LogP contribution is -2.31. The molecule has 1 aromatic carbocycles. The van der Waals surface area contributed by atoms with Gasteiger partial charge in [0.25, 0.3) is 0 Å². The lowest BCUT2D eigenvalue weighted by Gasteiger charge is -2.32. The maximum absolute atomic E-state index is 5.49. The Morgan fingerprint density at radius 3 is 2.42 bits per heavy atom. The molecular formula is C26H38N4O. The number of aromatic nitrogens is 2. The Morgan fingerprint density at radius 2 is 1.71 bits per heavy atom. The molecule has 0 amide bonds. The molecule has 1 aromatic heterocycles. The first-order valence-corrected chi connectivity index (χ1v) is 12.2. The van der Waals surface area contributed by atoms with Crippen LogP contribution in [0.3, 0.4) is 0 Å². The highest BCUT2D eigenvalue weighted by molar-refractivity contribution is 5.60. The summed E-state index contributed by atoms with van der Waals surface area (Å²) in [5, 5.41) is 3.56. The van der Waals surface area contributed by atoms with Crippen molar-refractivity contribution in [2.45, 2.75) is 70.6 Å². The zero-order valence-corrected chi connectivity index (χ0v) is 19.3. The molecule has 5 heteroatoms. The fraction of sp³-hybridized carbons (Fsp3) is 0.615. The highest BCUT2D eigenvalue weighted by Gasteiger charge is 2.28. The van der Waals surface area contributed by atoms with Gasteiger partial charge in [-0.15, -0.1) is 0 Å². The predicted octanol–water partition coefficient (Wildman–Crippen LogP) is 6.22. The van der Waals surface area contributed by atoms with E-state index in [-0.39, 0.29) is 0 Å². The lowest BCUT2D eigenvalue weighted by atomic mass is 9.78. The molecule has 1 saturated heterocycles. The predicted molar refractivity (Wildman–Crippen MR) is 128 cm³/mol. The Kier molecular flexibility index (Phi) is 7.79. The molecule has 2 fully saturated rings. The number of anilines is 3. The van der Waals surface area contributed by atoms with Gasteiger partial charge in [-0.1, -0.05) is 37.0 Å². The molecule has 0 bridgehead atoms. The van der Waals surface area contributed by atoms with Crippen molar-refractivity contribution in [1.82, 2.24) is 9.97 Å². The monoisotopic (exact) mass is 422 g/mol. The Bertz CT molecular complexity index is 811. The fourth-order valence-electron chi connectivity index (χ4n) is 5.11. The molecule has 2 aromatic rings. The number of ether oxygens (including phenoxy) is 1. The quantitative estimate of drug-likeness (QED) is 0.547. The minimum atomic E-state index is 0.364. The Labute approximate surface area is 187 Å². The second-order valence-corrected chi connectivity index (χ2v) is 9.29. The highest BCUT2D eigenvalue weighted by Crippen LogP contribution is 2.38. The molecule has 0 radical (unpaired) electrons. The van der Waals surface area contributed by atoms with Crippen LogP contribution in [0.5, 0.6) is 0 Å². The Balaban J connectivity index is 1.66. The number of piperidine rings is 1. The molecule has 1 atom stereocenters. The summed E-state index contributed by atoms with van der Waals surface area (Å²) in [6, 6.07) is 10.7. The maximum atomic E-state index is 5.49. The van der Waals surface area contributed by atoms with Gasteiger partial charge in [0.2, 0.25) is 0 Å². The van der Waals surface area contributed by atoms with Crippen LogP contribution in [0.25, 0.3) is 0 Å². The van der Waals surface area contributed by atoms with E-state index in [9.17, 15) is 0 Å². The van der Waals surface area contributed by atoms with Crippen molar-refractivity contribution in [3.63, 3.8) is 0 Å². The van der Waals surface area contributed by atoms with Crippen molar-refractivity contribution in [2.75, 3.05) is 37.0 Å². The van der Waals surface area contributed by atoms with Crippen LogP contribution in [-0.2, 0) is 4.74 Å². The van der Waals surface area contributed by atoms with Gasteiger partial charge in [-0.2, -0.15) is 0 Å². The third kappa shape index (κ3) is 5.97. The summed E-state index contributed by atoms with van der Waals surface area (Å²) in [4.78, 5) is 12.7. The van der Waals surface area contributed by atoms with Gasteiger partial charge in [0.1, 0.15) is 17.5 Å². The summed E-state index contributed by atoms with van der Waals surface area (Å²) in [5.74, 6) is 4.02. The van der Waals surface area contributed by atoms with Crippen molar-refractivity contribution in [3.8, 4) is 0 Å². The lowest BCUT2D eigenvalue weighted by molar-refractivity contribution is 0.167. The summed E-state index contributed by atoms with van der Waals surface area (Å²) in [6.45, 7) is 5.06. The average Bonchev–Trinajstić information content (AvgIpc) is 2.82. The second kappa shape index (κ2) is 10.9. The minimum absolute atomic E-state index is 0.364. The number of methoxy groups -OCH3 is 1. The van der Waals surface area contributed by atoms with Gasteiger partial charge < -0.3 is 15.0 Å². The van der Waals surface area contributed by atoms with Crippen LogP contribution in [0.2, 0.25) is 0 Å². The van der Waals surface area contributed by atoms with E-state index >= 15 is 0 Å². The van der Waals surface area contributed by atoms with Crippen LogP contribution in [0.1, 0.15) is 75.1 Å². The number of aryl methyl sites for hydroxylation is 1. The van der Waals surface area contributed by atoms with Gasteiger partial charge in [0, 0.05) is 44.5 Å².